The Kier molecular flexibility index (Phi) is 9.67. The van der Waals surface area contributed by atoms with Gasteiger partial charge in [-0.25, -0.2) is 0 Å². The number of nitrogens with one attached hydrogen (secondary N) is 1. The monoisotopic (exact) mass is 491 g/mol. The summed E-state index contributed by atoms with van der Waals surface area (Å²) in [5.41, 5.74) is 2.73. The van der Waals surface area contributed by atoms with Crippen LogP contribution in [0.25, 0.3) is 0 Å². The highest BCUT2D eigenvalue weighted by Gasteiger charge is 2.29. The van der Waals surface area contributed by atoms with Gasteiger partial charge in [0, 0.05) is 30.4 Å². The first-order valence-electron chi connectivity index (χ1n) is 12.2. The molecular weight excluding hydrogens is 458 g/mol. The molecule has 1 fully saturated rings. The van der Waals surface area contributed by atoms with Crippen molar-refractivity contribution >= 4 is 11.6 Å². The van der Waals surface area contributed by atoms with E-state index in [9.17, 15) is 4.79 Å². The number of pyridine rings is 1. The molecule has 0 saturated carbocycles. The molecule has 1 aliphatic heterocycles. The lowest BCUT2D eigenvalue weighted by Crippen LogP contribution is -2.57. The molecule has 1 amide bonds. The minimum atomic E-state index is -0.0953. The molecule has 1 aliphatic rings. The van der Waals surface area contributed by atoms with E-state index in [0.29, 0.717) is 46.1 Å². The summed E-state index contributed by atoms with van der Waals surface area (Å²) in [6.45, 7) is 3.44. The summed E-state index contributed by atoms with van der Waals surface area (Å²) in [5, 5.41) is 3.18. The first-order valence-corrected chi connectivity index (χ1v) is 12.2. The van der Waals surface area contributed by atoms with Crippen molar-refractivity contribution in [1.82, 2.24) is 10.3 Å². The molecule has 1 saturated heterocycles. The van der Waals surface area contributed by atoms with Gasteiger partial charge >= 0.3 is 0 Å². The molecule has 190 valence electrons. The summed E-state index contributed by atoms with van der Waals surface area (Å²) in [6, 6.07) is 21.1. The Bertz CT molecular complexity index is 1080. The molecular formula is C28H33N3O5. The number of methoxy groups -OCH3 is 1. The molecule has 1 N–H and O–H groups in total. The van der Waals surface area contributed by atoms with Crippen LogP contribution < -0.4 is 19.7 Å². The quantitative estimate of drug-likeness (QED) is 0.366. The van der Waals surface area contributed by atoms with Crippen molar-refractivity contribution in [1.29, 1.82) is 0 Å². The topological polar surface area (TPSA) is 82.2 Å². The summed E-state index contributed by atoms with van der Waals surface area (Å²) in [5.74, 6) is 1.61. The molecule has 0 bridgehead atoms. The zero-order chi connectivity index (χ0) is 25.0. The molecule has 2 aromatic carbocycles. The van der Waals surface area contributed by atoms with Crippen LogP contribution in [0.4, 0.5) is 5.69 Å². The van der Waals surface area contributed by atoms with Crippen molar-refractivity contribution < 1.29 is 23.7 Å². The lowest BCUT2D eigenvalue weighted by molar-refractivity contribution is -0.119. The summed E-state index contributed by atoms with van der Waals surface area (Å²) in [6.07, 6.45) is 2.51. The number of amides is 1. The SMILES string of the molecule is COc1ccccc1COCCCOc1ccc(N2C(=O)CNC[C@@H]2COCc2ccccn2)cc1. The normalized spacial score (nSPS) is 15.6. The van der Waals surface area contributed by atoms with Gasteiger partial charge in [-0.15, -0.1) is 0 Å². The van der Waals surface area contributed by atoms with Crippen LogP contribution in [0.1, 0.15) is 17.7 Å². The second kappa shape index (κ2) is 13.6. The summed E-state index contributed by atoms with van der Waals surface area (Å²) in [7, 11) is 1.66. The third kappa shape index (κ3) is 7.27. The molecule has 0 radical (unpaired) electrons. The van der Waals surface area contributed by atoms with Gasteiger partial charge in [0.15, 0.2) is 0 Å². The fraction of sp³-hybridized carbons (Fsp3) is 0.357. The smallest absolute Gasteiger partial charge is 0.241 e. The van der Waals surface area contributed by atoms with Crippen LogP contribution >= 0.6 is 0 Å². The largest absolute Gasteiger partial charge is 0.496 e. The standard InChI is InChI=1S/C28H33N3O5/c1-33-27-9-3-2-7-22(27)19-34-15-6-16-36-26-12-10-24(11-13-26)31-25(17-29-18-28(31)32)21-35-20-23-8-4-5-14-30-23/h2-5,7-14,25,29H,6,15-21H2,1H3/t25-/m1/s1. The highest BCUT2D eigenvalue weighted by Crippen LogP contribution is 2.23. The number of aromatic nitrogens is 1. The average molecular weight is 492 g/mol. The molecule has 0 unspecified atom stereocenters. The van der Waals surface area contributed by atoms with Gasteiger partial charge < -0.3 is 29.2 Å². The maximum Gasteiger partial charge on any atom is 0.241 e. The van der Waals surface area contributed by atoms with Crippen molar-refractivity contribution in [2.24, 2.45) is 0 Å². The van der Waals surface area contributed by atoms with E-state index < -0.39 is 0 Å². The maximum atomic E-state index is 12.7. The minimum Gasteiger partial charge on any atom is -0.496 e. The molecule has 1 aromatic heterocycles. The molecule has 2 heterocycles. The van der Waals surface area contributed by atoms with Crippen LogP contribution in [-0.4, -0.2) is 57.0 Å². The fourth-order valence-electron chi connectivity index (χ4n) is 4.06. The van der Waals surface area contributed by atoms with Gasteiger partial charge in [0.1, 0.15) is 11.5 Å². The molecule has 4 rings (SSSR count). The zero-order valence-corrected chi connectivity index (χ0v) is 20.6. The number of carbonyl (C=O) groups is 1. The Hall–Kier alpha value is -3.46. The van der Waals surface area contributed by atoms with E-state index in [0.717, 1.165) is 34.9 Å². The first-order chi connectivity index (χ1) is 17.7. The van der Waals surface area contributed by atoms with Crippen LogP contribution in [0.15, 0.2) is 72.9 Å². The highest BCUT2D eigenvalue weighted by atomic mass is 16.5. The summed E-state index contributed by atoms with van der Waals surface area (Å²) < 4.78 is 22.8. The van der Waals surface area contributed by atoms with E-state index in [1.54, 1.807) is 13.3 Å². The van der Waals surface area contributed by atoms with E-state index in [1.165, 1.54) is 0 Å². The minimum absolute atomic E-state index is 0.0218. The van der Waals surface area contributed by atoms with E-state index in [4.69, 9.17) is 18.9 Å². The molecule has 1 atom stereocenters. The highest BCUT2D eigenvalue weighted by molar-refractivity contribution is 5.96. The van der Waals surface area contributed by atoms with Crippen LogP contribution in [-0.2, 0) is 27.5 Å². The molecule has 8 nitrogen and oxygen atoms in total. The van der Waals surface area contributed by atoms with Crippen molar-refractivity contribution in [2.75, 3.05) is 44.9 Å². The number of carbonyl (C=O) groups excluding carboxylic acids is 1. The lowest BCUT2D eigenvalue weighted by atomic mass is 10.1. The van der Waals surface area contributed by atoms with Crippen LogP contribution in [0, 0.1) is 0 Å². The van der Waals surface area contributed by atoms with E-state index >= 15 is 0 Å². The third-order valence-electron chi connectivity index (χ3n) is 5.84. The number of ether oxygens (including phenoxy) is 4. The number of benzene rings is 2. The first kappa shape index (κ1) is 25.6. The van der Waals surface area contributed by atoms with Crippen LogP contribution in [0.3, 0.4) is 0 Å². The number of nitrogens with zero attached hydrogens (tertiary/aromatic N) is 2. The second-order valence-electron chi connectivity index (χ2n) is 8.45. The van der Waals surface area contributed by atoms with E-state index in [2.05, 4.69) is 10.3 Å². The number of hydrogen-bond acceptors (Lipinski definition) is 7. The fourth-order valence-corrected chi connectivity index (χ4v) is 4.06. The Balaban J connectivity index is 1.21. The third-order valence-corrected chi connectivity index (χ3v) is 5.84. The van der Waals surface area contributed by atoms with Gasteiger partial charge in [0.2, 0.25) is 5.91 Å². The molecule has 3 aromatic rings. The number of piperazine rings is 1. The summed E-state index contributed by atoms with van der Waals surface area (Å²) >= 11 is 0. The van der Waals surface area contributed by atoms with Crippen molar-refractivity contribution in [2.45, 2.75) is 25.7 Å². The zero-order valence-electron chi connectivity index (χ0n) is 20.6. The van der Waals surface area contributed by atoms with E-state index in [-0.39, 0.29) is 11.9 Å². The van der Waals surface area contributed by atoms with Crippen LogP contribution in [0.2, 0.25) is 0 Å². The predicted octanol–water partition coefficient (Wildman–Crippen LogP) is 3.60. The van der Waals surface area contributed by atoms with Gasteiger partial charge in [-0.3, -0.25) is 9.78 Å². The summed E-state index contributed by atoms with van der Waals surface area (Å²) in [4.78, 5) is 18.8. The van der Waals surface area contributed by atoms with Crippen LogP contribution in [0.5, 0.6) is 11.5 Å². The van der Waals surface area contributed by atoms with Crippen molar-refractivity contribution in [3.63, 3.8) is 0 Å². The maximum absolute atomic E-state index is 12.7. The number of hydrogen-bond donors (Lipinski definition) is 1. The second-order valence-corrected chi connectivity index (χ2v) is 8.45. The Morgan fingerprint density at radius 1 is 0.972 bits per heavy atom. The molecule has 0 aliphatic carbocycles. The Morgan fingerprint density at radius 2 is 1.81 bits per heavy atom. The molecule has 8 heteroatoms. The Labute approximate surface area is 212 Å². The van der Waals surface area contributed by atoms with Gasteiger partial charge in [-0.1, -0.05) is 24.3 Å². The van der Waals surface area contributed by atoms with Crippen molar-refractivity contribution in [3.8, 4) is 11.5 Å². The van der Waals surface area contributed by atoms with Gasteiger partial charge in [-0.05, 0) is 42.5 Å². The molecule has 36 heavy (non-hydrogen) atoms. The number of anilines is 1. The van der Waals surface area contributed by atoms with Crippen molar-refractivity contribution in [3.05, 3.63) is 84.2 Å². The van der Waals surface area contributed by atoms with Gasteiger partial charge in [0.05, 0.1) is 58.4 Å². The number of para-hydroxylation sites is 1. The Morgan fingerprint density at radius 3 is 2.61 bits per heavy atom. The predicted molar refractivity (Wildman–Crippen MR) is 137 cm³/mol. The lowest BCUT2D eigenvalue weighted by Gasteiger charge is -2.36. The van der Waals surface area contributed by atoms with Gasteiger partial charge in [-0.2, -0.15) is 0 Å². The van der Waals surface area contributed by atoms with E-state index in [1.807, 2.05) is 71.6 Å². The van der Waals surface area contributed by atoms with Gasteiger partial charge in [0.25, 0.3) is 0 Å². The molecule has 0 spiro atoms. The average Bonchev–Trinajstić information content (AvgIpc) is 2.92. The number of rotatable bonds is 13.